The highest BCUT2D eigenvalue weighted by Gasteiger charge is 2.22. The van der Waals surface area contributed by atoms with Crippen LogP contribution in [0.1, 0.15) is 438 Å². The Morgan fingerprint density at radius 2 is 0.511 bits per heavy atom. The molecule has 0 bridgehead atoms. The van der Waals surface area contributed by atoms with Crippen LogP contribution < -0.4 is 4.89 Å². The second kappa shape index (κ2) is 70.3. The van der Waals surface area contributed by atoms with Gasteiger partial charge < -0.3 is 27.9 Å². The maximum absolute atomic E-state index is 12.9. The number of hydrogen-bond acceptors (Lipinski definition) is 8. The van der Waals surface area contributed by atoms with E-state index in [9.17, 15) is 19.0 Å². The van der Waals surface area contributed by atoms with Gasteiger partial charge in [0.2, 0.25) is 0 Å². The predicted molar refractivity (Wildman–Crippen MR) is 379 cm³/mol. The Labute approximate surface area is 550 Å². The molecule has 0 saturated carbocycles. The average Bonchev–Trinajstić information content (AvgIpc) is 3.69. The third kappa shape index (κ3) is 74.1. The van der Waals surface area contributed by atoms with Crippen molar-refractivity contribution in [1.82, 2.24) is 0 Å². The quantitative estimate of drug-likeness (QED) is 0.0256. The van der Waals surface area contributed by atoms with Crippen LogP contribution in [0.5, 0.6) is 0 Å². The molecule has 10 heteroatoms. The van der Waals surface area contributed by atoms with Gasteiger partial charge >= 0.3 is 11.9 Å². The van der Waals surface area contributed by atoms with Crippen LogP contribution >= 0.6 is 7.82 Å². The van der Waals surface area contributed by atoms with Gasteiger partial charge in [0.15, 0.2) is 6.10 Å². The van der Waals surface area contributed by atoms with Crippen molar-refractivity contribution < 1.29 is 42.1 Å². The molecular weight excluding hydrogens is 1110 g/mol. The zero-order chi connectivity index (χ0) is 64.1. The molecule has 0 saturated heterocycles. The summed E-state index contributed by atoms with van der Waals surface area (Å²) in [6.07, 6.45) is 86.6. The lowest BCUT2D eigenvalue weighted by Crippen LogP contribution is -2.37. The summed E-state index contributed by atoms with van der Waals surface area (Å²) in [5.41, 5.74) is 0. The zero-order valence-corrected chi connectivity index (χ0v) is 61.1. The van der Waals surface area contributed by atoms with Crippen LogP contribution in [0, 0.1) is 0 Å². The molecule has 0 fully saturated rings. The first-order valence-corrected chi connectivity index (χ1v) is 41.2. The normalized spacial score (nSPS) is 12.9. The lowest BCUT2D eigenvalue weighted by Gasteiger charge is -2.28. The number of nitrogens with zero attached hydrogens (tertiary/aromatic N) is 1. The molecule has 526 valence electrons. The molecule has 0 aliphatic carbocycles. The van der Waals surface area contributed by atoms with Crippen LogP contribution in [0.4, 0.5) is 0 Å². The molecule has 0 aliphatic heterocycles. The van der Waals surface area contributed by atoms with E-state index in [1.165, 1.54) is 372 Å². The fraction of sp³-hybridized carbons (Fsp3) is 0.974. The minimum Gasteiger partial charge on any atom is -0.756 e. The van der Waals surface area contributed by atoms with E-state index in [0.29, 0.717) is 17.4 Å². The van der Waals surface area contributed by atoms with E-state index in [2.05, 4.69) is 13.8 Å². The van der Waals surface area contributed by atoms with Gasteiger partial charge in [-0.1, -0.05) is 412 Å². The van der Waals surface area contributed by atoms with E-state index in [0.717, 1.165) is 32.1 Å². The van der Waals surface area contributed by atoms with Crippen LogP contribution in [0.15, 0.2) is 0 Å². The van der Waals surface area contributed by atoms with Crippen LogP contribution in [0.3, 0.4) is 0 Å². The van der Waals surface area contributed by atoms with Gasteiger partial charge in [-0.25, -0.2) is 0 Å². The number of hydrogen-bond donors (Lipinski definition) is 0. The Morgan fingerprint density at radius 3 is 0.727 bits per heavy atom. The summed E-state index contributed by atoms with van der Waals surface area (Å²) in [6.45, 7) is 4.35. The number of quaternary nitrogens is 1. The number of phosphoric acid groups is 1. The van der Waals surface area contributed by atoms with Crippen LogP contribution in [-0.4, -0.2) is 70.0 Å². The molecule has 0 heterocycles. The first-order chi connectivity index (χ1) is 43.0. The number of rotatable bonds is 76. The maximum atomic E-state index is 12.9. The summed E-state index contributed by atoms with van der Waals surface area (Å²) < 4.78 is 34.4. The number of likely N-dealkylation sites (N-methyl/N-ethyl adjacent to an activating group) is 1. The molecule has 9 nitrogen and oxygen atoms in total. The van der Waals surface area contributed by atoms with Gasteiger partial charge in [-0.2, -0.15) is 0 Å². The highest BCUT2D eigenvalue weighted by Crippen LogP contribution is 2.38. The summed E-state index contributed by atoms with van der Waals surface area (Å²) in [6, 6.07) is 0. The summed E-state index contributed by atoms with van der Waals surface area (Å²) >= 11 is 0. The topological polar surface area (TPSA) is 111 Å². The molecule has 0 amide bonds. The number of unbranched alkanes of at least 4 members (excludes halogenated alkanes) is 62. The molecule has 2 atom stereocenters. The van der Waals surface area contributed by atoms with E-state index in [1.54, 1.807) is 0 Å². The predicted octanol–water partition coefficient (Wildman–Crippen LogP) is 25.4. The summed E-state index contributed by atoms with van der Waals surface area (Å²) in [5.74, 6) is -0.800. The molecule has 0 rings (SSSR count). The van der Waals surface area contributed by atoms with Gasteiger partial charge in [-0.3, -0.25) is 14.2 Å². The van der Waals surface area contributed by atoms with Gasteiger partial charge in [0.05, 0.1) is 27.7 Å². The number of carbonyl (C=O) groups is 2. The molecule has 0 aromatic heterocycles. The zero-order valence-electron chi connectivity index (χ0n) is 60.2. The van der Waals surface area contributed by atoms with E-state index in [-0.39, 0.29) is 32.0 Å². The van der Waals surface area contributed by atoms with Crippen molar-refractivity contribution in [3.8, 4) is 0 Å². The van der Waals surface area contributed by atoms with Crippen molar-refractivity contribution in [2.75, 3.05) is 47.5 Å². The Morgan fingerprint density at radius 1 is 0.307 bits per heavy atom. The van der Waals surface area contributed by atoms with Crippen molar-refractivity contribution in [1.29, 1.82) is 0 Å². The lowest BCUT2D eigenvalue weighted by molar-refractivity contribution is -0.870. The molecule has 0 spiro atoms. The Hall–Kier alpha value is -0.990. The first-order valence-electron chi connectivity index (χ1n) is 39.7. The number of carbonyl (C=O) groups excluding carboxylic acids is 2. The maximum Gasteiger partial charge on any atom is 0.306 e. The Balaban J connectivity index is 3.89. The molecule has 2 unspecified atom stereocenters. The van der Waals surface area contributed by atoms with Crippen LogP contribution in [-0.2, 0) is 32.7 Å². The summed E-state index contributed by atoms with van der Waals surface area (Å²) in [7, 11) is 1.20. The van der Waals surface area contributed by atoms with Crippen molar-refractivity contribution in [2.24, 2.45) is 0 Å². The van der Waals surface area contributed by atoms with Crippen LogP contribution in [0.2, 0.25) is 0 Å². The average molecular weight is 1270 g/mol. The molecule has 88 heavy (non-hydrogen) atoms. The summed E-state index contributed by atoms with van der Waals surface area (Å²) in [5, 5.41) is 0. The van der Waals surface area contributed by atoms with E-state index in [1.807, 2.05) is 21.1 Å². The highest BCUT2D eigenvalue weighted by molar-refractivity contribution is 7.45. The molecule has 0 N–H and O–H groups in total. The standard InChI is InChI=1S/C78H156NO8P/c1-6-8-10-12-14-16-18-20-22-24-26-28-30-32-34-36-38-40-42-44-46-48-50-52-54-56-58-60-62-64-66-68-70-77(80)84-74-76(75-86-88(82,83)85-73-72-79(3,4)5)87-78(81)71-69-67-65-63-61-59-57-55-53-51-49-47-45-43-41-39-37-35-33-31-29-27-25-23-21-19-17-15-13-11-9-7-2/h76H,6-75H2,1-5H3. The third-order valence-electron chi connectivity index (χ3n) is 18.6. The molecule has 0 radical (unpaired) electrons. The van der Waals surface area contributed by atoms with Gasteiger partial charge in [0.1, 0.15) is 19.8 Å². The fourth-order valence-corrected chi connectivity index (χ4v) is 13.3. The van der Waals surface area contributed by atoms with Gasteiger partial charge in [-0.15, -0.1) is 0 Å². The number of phosphoric ester groups is 1. The minimum absolute atomic E-state index is 0.0246. The number of ether oxygens (including phenoxy) is 2. The molecule has 0 aromatic carbocycles. The fourth-order valence-electron chi connectivity index (χ4n) is 12.5. The lowest BCUT2D eigenvalue weighted by atomic mass is 10.0. The van der Waals surface area contributed by atoms with Gasteiger partial charge in [0, 0.05) is 12.8 Å². The largest absolute Gasteiger partial charge is 0.756 e. The summed E-state index contributed by atoms with van der Waals surface area (Å²) in [4.78, 5) is 38.2. The van der Waals surface area contributed by atoms with E-state index >= 15 is 0 Å². The Kier molecular flexibility index (Phi) is 69.5. The highest BCUT2D eigenvalue weighted by atomic mass is 31.2. The van der Waals surface area contributed by atoms with Crippen LogP contribution in [0.25, 0.3) is 0 Å². The van der Waals surface area contributed by atoms with E-state index in [4.69, 9.17) is 18.5 Å². The molecule has 0 aromatic rings. The Bertz CT molecular complexity index is 1440. The first kappa shape index (κ1) is 87.0. The number of esters is 2. The second-order valence-corrected chi connectivity index (χ2v) is 30.2. The molecular formula is C78H156NO8P. The van der Waals surface area contributed by atoms with Gasteiger partial charge in [-0.05, 0) is 12.8 Å². The smallest absolute Gasteiger partial charge is 0.306 e. The van der Waals surface area contributed by atoms with Crippen molar-refractivity contribution in [3.63, 3.8) is 0 Å². The SMILES string of the molecule is CCCCCCCCCCCCCCCCCCCCCCCCCCCCCCCCCCC(=O)OCC(COP(=O)([O-])OCC[N+](C)(C)C)OC(=O)CCCCCCCCCCCCCCCCCCCCCCCCCCCCCCCCCC. The van der Waals surface area contributed by atoms with Crippen molar-refractivity contribution >= 4 is 19.8 Å². The molecule has 0 aliphatic rings. The van der Waals surface area contributed by atoms with Gasteiger partial charge in [0.25, 0.3) is 7.82 Å². The third-order valence-corrected chi connectivity index (χ3v) is 19.6. The van der Waals surface area contributed by atoms with Crippen molar-refractivity contribution in [3.05, 3.63) is 0 Å². The van der Waals surface area contributed by atoms with Crippen molar-refractivity contribution in [2.45, 2.75) is 444 Å². The second-order valence-electron chi connectivity index (χ2n) is 28.8. The minimum atomic E-state index is -4.64. The monoisotopic (exact) mass is 1270 g/mol. The van der Waals surface area contributed by atoms with E-state index < -0.39 is 26.5 Å².